The van der Waals surface area contributed by atoms with Crippen molar-refractivity contribution in [3.05, 3.63) is 34.9 Å². The summed E-state index contributed by atoms with van der Waals surface area (Å²) in [7, 11) is -0.410. The van der Waals surface area contributed by atoms with Gasteiger partial charge in [0, 0.05) is 45.4 Å². The van der Waals surface area contributed by atoms with Crippen LogP contribution in [0.15, 0.2) is 24.3 Å². The van der Waals surface area contributed by atoms with Crippen LogP contribution in [0.5, 0.6) is 0 Å². The van der Waals surface area contributed by atoms with Gasteiger partial charge in [0.25, 0.3) is 10.2 Å². The Labute approximate surface area is 149 Å². The molecule has 1 aromatic carbocycles. The minimum Gasteiger partial charge on any atom is -0.383 e. The number of hydrogen-bond donors (Lipinski definition) is 1. The molecule has 132 valence electrons. The number of nitrogens with zero attached hydrogens (tertiary/aromatic N) is 2. The van der Waals surface area contributed by atoms with E-state index >= 15 is 0 Å². The summed E-state index contributed by atoms with van der Waals surface area (Å²) in [5.74, 6) is 0. The van der Waals surface area contributed by atoms with Crippen molar-refractivity contribution >= 4 is 34.2 Å². The van der Waals surface area contributed by atoms with E-state index < -0.39 is 10.2 Å². The van der Waals surface area contributed by atoms with Gasteiger partial charge in [-0.15, -0.1) is 12.4 Å². The average Bonchev–Trinajstić information content (AvgIpc) is 2.52. The lowest BCUT2D eigenvalue weighted by Crippen LogP contribution is -2.53. The van der Waals surface area contributed by atoms with E-state index in [9.17, 15) is 8.42 Å². The number of benzene rings is 1. The molecule has 1 atom stereocenters. The third-order valence-electron chi connectivity index (χ3n) is 3.73. The van der Waals surface area contributed by atoms with Crippen LogP contribution in [0.2, 0.25) is 5.02 Å². The Kier molecular flexibility index (Phi) is 8.23. The minimum atomic E-state index is -3.54. The number of likely N-dealkylation sites (N-methyl/N-ethyl adjacent to an activating group) is 1. The number of methoxy groups -OCH3 is 1. The SMILES string of the molecule is COCCN(C)S(=O)(=O)N1CCNCC1c1cccc(Cl)c1.Cl. The zero-order valence-corrected chi connectivity index (χ0v) is 15.6. The fraction of sp³-hybridized carbons (Fsp3) is 0.571. The largest absolute Gasteiger partial charge is 0.383 e. The molecule has 0 bridgehead atoms. The zero-order valence-electron chi connectivity index (χ0n) is 13.2. The smallest absolute Gasteiger partial charge is 0.282 e. The molecule has 0 spiro atoms. The van der Waals surface area contributed by atoms with Crippen LogP contribution in [0.1, 0.15) is 11.6 Å². The highest BCUT2D eigenvalue weighted by molar-refractivity contribution is 7.86. The summed E-state index contributed by atoms with van der Waals surface area (Å²) in [5, 5.41) is 3.85. The Bertz CT molecular complexity index is 601. The summed E-state index contributed by atoms with van der Waals surface area (Å²) >= 11 is 6.04. The van der Waals surface area contributed by atoms with E-state index in [2.05, 4.69) is 5.32 Å². The highest BCUT2D eigenvalue weighted by Crippen LogP contribution is 2.27. The molecule has 0 aromatic heterocycles. The molecular formula is C14H23Cl2N3O3S. The maximum Gasteiger partial charge on any atom is 0.282 e. The first-order valence-corrected chi connectivity index (χ1v) is 8.92. The molecule has 0 amide bonds. The van der Waals surface area contributed by atoms with Gasteiger partial charge in [0.2, 0.25) is 0 Å². The maximum atomic E-state index is 12.8. The fourth-order valence-corrected chi connectivity index (χ4v) is 4.18. The Morgan fingerprint density at radius 2 is 2.22 bits per heavy atom. The van der Waals surface area contributed by atoms with Crippen molar-refractivity contribution in [1.82, 2.24) is 13.9 Å². The highest BCUT2D eigenvalue weighted by atomic mass is 35.5. The van der Waals surface area contributed by atoms with Gasteiger partial charge >= 0.3 is 0 Å². The summed E-state index contributed by atoms with van der Waals surface area (Å²) in [6.45, 7) is 2.32. The van der Waals surface area contributed by atoms with Crippen molar-refractivity contribution in [1.29, 1.82) is 0 Å². The summed E-state index contributed by atoms with van der Waals surface area (Å²) in [6, 6.07) is 7.08. The minimum absolute atomic E-state index is 0. The molecule has 6 nitrogen and oxygen atoms in total. The number of hydrogen-bond acceptors (Lipinski definition) is 4. The van der Waals surface area contributed by atoms with Gasteiger partial charge < -0.3 is 10.1 Å². The number of piperazine rings is 1. The number of ether oxygens (including phenoxy) is 1. The van der Waals surface area contributed by atoms with E-state index in [1.807, 2.05) is 18.2 Å². The molecule has 1 N–H and O–H groups in total. The molecule has 1 heterocycles. The van der Waals surface area contributed by atoms with Gasteiger partial charge in [0.1, 0.15) is 0 Å². The summed E-state index contributed by atoms with van der Waals surface area (Å²) < 4.78 is 33.4. The van der Waals surface area contributed by atoms with E-state index in [0.29, 0.717) is 37.8 Å². The highest BCUT2D eigenvalue weighted by Gasteiger charge is 2.35. The normalized spacial score (nSPS) is 19.6. The standard InChI is InChI=1S/C14H22ClN3O3S.ClH/c1-17(8-9-21-2)22(19,20)18-7-6-16-11-14(18)12-4-3-5-13(15)10-12;/h3-5,10,14,16H,6-9,11H2,1-2H3;1H. The second-order valence-electron chi connectivity index (χ2n) is 5.21. The van der Waals surface area contributed by atoms with Crippen LogP contribution in [0, 0.1) is 0 Å². The van der Waals surface area contributed by atoms with E-state index in [4.69, 9.17) is 16.3 Å². The average molecular weight is 384 g/mol. The predicted molar refractivity (Wildman–Crippen MR) is 94.4 cm³/mol. The summed E-state index contributed by atoms with van der Waals surface area (Å²) in [6.07, 6.45) is 0. The molecule has 2 rings (SSSR count). The third-order valence-corrected chi connectivity index (χ3v) is 5.96. The van der Waals surface area contributed by atoms with E-state index in [-0.39, 0.29) is 18.4 Å². The van der Waals surface area contributed by atoms with Crippen LogP contribution in [-0.2, 0) is 14.9 Å². The second-order valence-corrected chi connectivity index (χ2v) is 7.63. The molecular weight excluding hydrogens is 361 g/mol. The molecule has 0 aliphatic carbocycles. The second kappa shape index (κ2) is 9.17. The molecule has 0 saturated carbocycles. The van der Waals surface area contributed by atoms with E-state index in [1.165, 1.54) is 8.61 Å². The van der Waals surface area contributed by atoms with Crippen molar-refractivity contribution in [3.8, 4) is 0 Å². The Hall–Kier alpha value is -0.410. The van der Waals surface area contributed by atoms with Crippen LogP contribution >= 0.6 is 24.0 Å². The molecule has 1 aromatic rings. The van der Waals surface area contributed by atoms with Crippen LogP contribution in [0.4, 0.5) is 0 Å². The lowest BCUT2D eigenvalue weighted by Gasteiger charge is -2.37. The Morgan fingerprint density at radius 3 is 2.87 bits per heavy atom. The first kappa shape index (κ1) is 20.6. The van der Waals surface area contributed by atoms with Crippen molar-refractivity contribution in [2.45, 2.75) is 6.04 Å². The maximum absolute atomic E-state index is 12.8. The van der Waals surface area contributed by atoms with Crippen LogP contribution in [0.25, 0.3) is 0 Å². The third kappa shape index (κ3) is 5.03. The Morgan fingerprint density at radius 1 is 1.48 bits per heavy atom. The lowest BCUT2D eigenvalue weighted by atomic mass is 10.1. The zero-order chi connectivity index (χ0) is 16.2. The first-order valence-electron chi connectivity index (χ1n) is 7.15. The first-order chi connectivity index (χ1) is 10.5. The monoisotopic (exact) mass is 383 g/mol. The molecule has 23 heavy (non-hydrogen) atoms. The van der Waals surface area contributed by atoms with Gasteiger partial charge in [0.15, 0.2) is 0 Å². The van der Waals surface area contributed by atoms with Gasteiger partial charge in [-0.25, -0.2) is 0 Å². The van der Waals surface area contributed by atoms with Gasteiger partial charge in [-0.3, -0.25) is 0 Å². The van der Waals surface area contributed by atoms with E-state index in [1.54, 1.807) is 20.2 Å². The van der Waals surface area contributed by atoms with E-state index in [0.717, 1.165) is 5.56 Å². The van der Waals surface area contributed by atoms with Crippen molar-refractivity contribution < 1.29 is 13.2 Å². The molecule has 1 aliphatic rings. The molecule has 1 unspecified atom stereocenters. The van der Waals surface area contributed by atoms with Gasteiger partial charge in [-0.05, 0) is 17.7 Å². The van der Waals surface area contributed by atoms with Crippen molar-refractivity contribution in [2.75, 3.05) is 46.9 Å². The number of nitrogens with one attached hydrogen (secondary N) is 1. The molecule has 1 fully saturated rings. The van der Waals surface area contributed by atoms with Crippen LogP contribution in [-0.4, -0.2) is 64.0 Å². The van der Waals surface area contributed by atoms with Gasteiger partial charge in [0.05, 0.1) is 12.6 Å². The number of rotatable bonds is 6. The summed E-state index contributed by atoms with van der Waals surface area (Å²) in [5.41, 5.74) is 0.892. The Balaban J connectivity index is 0.00000264. The predicted octanol–water partition coefficient (Wildman–Crippen LogP) is 1.53. The topological polar surface area (TPSA) is 61.9 Å². The fourth-order valence-electron chi connectivity index (χ4n) is 2.47. The number of halogens is 2. The van der Waals surface area contributed by atoms with Crippen LogP contribution < -0.4 is 5.32 Å². The molecule has 1 saturated heterocycles. The molecule has 0 radical (unpaired) electrons. The quantitative estimate of drug-likeness (QED) is 0.808. The summed E-state index contributed by atoms with van der Waals surface area (Å²) in [4.78, 5) is 0. The molecule has 9 heteroatoms. The van der Waals surface area contributed by atoms with Crippen molar-refractivity contribution in [3.63, 3.8) is 0 Å². The molecule has 1 aliphatic heterocycles. The van der Waals surface area contributed by atoms with Gasteiger partial charge in [-0.1, -0.05) is 23.7 Å². The van der Waals surface area contributed by atoms with Gasteiger partial charge in [-0.2, -0.15) is 17.0 Å². The lowest BCUT2D eigenvalue weighted by molar-refractivity contribution is 0.178. The van der Waals surface area contributed by atoms with Crippen LogP contribution in [0.3, 0.4) is 0 Å². The van der Waals surface area contributed by atoms with Crippen molar-refractivity contribution in [2.24, 2.45) is 0 Å².